The Balaban J connectivity index is 1.94. The van der Waals surface area contributed by atoms with E-state index in [2.05, 4.69) is 26.9 Å². The maximum Gasteiger partial charge on any atom is 0.151 e. The molecule has 1 aliphatic rings. The Morgan fingerprint density at radius 2 is 2.17 bits per heavy atom. The lowest BCUT2D eigenvalue weighted by Crippen LogP contribution is -2.53. The molecule has 2 N–H and O–H groups in total. The SMILES string of the molecule is CCC(C(N)=S)N1CCN(c2cccnn2)CC1. The van der Waals surface area contributed by atoms with Crippen molar-refractivity contribution in [2.45, 2.75) is 19.4 Å². The topological polar surface area (TPSA) is 58.3 Å². The lowest BCUT2D eigenvalue weighted by molar-refractivity contribution is 0.224. The molecule has 0 aliphatic carbocycles. The molecule has 0 saturated carbocycles. The van der Waals surface area contributed by atoms with E-state index in [-0.39, 0.29) is 6.04 Å². The zero-order valence-corrected chi connectivity index (χ0v) is 11.4. The van der Waals surface area contributed by atoms with Crippen LogP contribution >= 0.6 is 12.2 Å². The van der Waals surface area contributed by atoms with Gasteiger partial charge in [0.1, 0.15) is 0 Å². The Bertz CT molecular complexity index is 389. The van der Waals surface area contributed by atoms with Gasteiger partial charge in [-0.2, -0.15) is 5.10 Å². The van der Waals surface area contributed by atoms with E-state index in [1.54, 1.807) is 6.20 Å². The van der Waals surface area contributed by atoms with Crippen LogP contribution in [0, 0.1) is 0 Å². The summed E-state index contributed by atoms with van der Waals surface area (Å²) in [6.45, 7) is 5.94. The summed E-state index contributed by atoms with van der Waals surface area (Å²) in [5, 5.41) is 8.05. The minimum Gasteiger partial charge on any atom is -0.392 e. The van der Waals surface area contributed by atoms with Gasteiger partial charge >= 0.3 is 0 Å². The highest BCUT2D eigenvalue weighted by Crippen LogP contribution is 2.14. The third-order valence-corrected chi connectivity index (χ3v) is 3.62. The summed E-state index contributed by atoms with van der Waals surface area (Å²) < 4.78 is 0. The van der Waals surface area contributed by atoms with Gasteiger partial charge in [-0.25, -0.2) is 0 Å². The van der Waals surface area contributed by atoms with Gasteiger partial charge in [-0.1, -0.05) is 19.1 Å². The standard InChI is InChI=1S/C12H19N5S/c1-2-10(12(13)18)16-6-8-17(9-7-16)11-4-3-5-14-15-11/h3-5,10H,2,6-9H2,1H3,(H2,13,18). The van der Waals surface area contributed by atoms with Gasteiger partial charge in [-0.3, -0.25) is 4.90 Å². The highest BCUT2D eigenvalue weighted by molar-refractivity contribution is 7.80. The average Bonchev–Trinajstić information content (AvgIpc) is 2.41. The molecule has 0 aromatic carbocycles. The molecule has 0 radical (unpaired) electrons. The average molecular weight is 265 g/mol. The minimum atomic E-state index is 0.226. The lowest BCUT2D eigenvalue weighted by atomic mass is 10.1. The summed E-state index contributed by atoms with van der Waals surface area (Å²) in [5.74, 6) is 0.945. The number of aromatic nitrogens is 2. The van der Waals surface area contributed by atoms with Gasteiger partial charge in [-0.05, 0) is 18.6 Å². The van der Waals surface area contributed by atoms with Crippen LogP contribution in [0.15, 0.2) is 18.3 Å². The van der Waals surface area contributed by atoms with Crippen molar-refractivity contribution in [3.8, 4) is 0 Å². The lowest BCUT2D eigenvalue weighted by Gasteiger charge is -2.38. The molecule has 1 unspecified atom stereocenters. The molecular weight excluding hydrogens is 246 g/mol. The third-order valence-electron chi connectivity index (χ3n) is 3.35. The first-order valence-electron chi connectivity index (χ1n) is 6.28. The molecule has 1 aromatic heterocycles. The highest BCUT2D eigenvalue weighted by atomic mass is 32.1. The second-order valence-electron chi connectivity index (χ2n) is 4.43. The fraction of sp³-hybridized carbons (Fsp3) is 0.583. The van der Waals surface area contributed by atoms with Crippen LogP contribution in [0.5, 0.6) is 0 Å². The molecule has 1 aromatic rings. The Morgan fingerprint density at radius 1 is 1.44 bits per heavy atom. The molecule has 6 heteroatoms. The smallest absolute Gasteiger partial charge is 0.151 e. The first-order chi connectivity index (χ1) is 8.72. The van der Waals surface area contributed by atoms with E-state index < -0.39 is 0 Å². The number of nitrogens with two attached hydrogens (primary N) is 1. The largest absolute Gasteiger partial charge is 0.392 e. The molecular formula is C12H19N5S. The number of hydrogen-bond acceptors (Lipinski definition) is 5. The van der Waals surface area contributed by atoms with E-state index in [1.165, 1.54) is 0 Å². The summed E-state index contributed by atoms with van der Waals surface area (Å²) in [6.07, 6.45) is 2.67. The van der Waals surface area contributed by atoms with Crippen molar-refractivity contribution in [1.82, 2.24) is 15.1 Å². The van der Waals surface area contributed by atoms with Crippen LogP contribution in [-0.2, 0) is 0 Å². The van der Waals surface area contributed by atoms with E-state index >= 15 is 0 Å². The van der Waals surface area contributed by atoms with Gasteiger partial charge in [0.2, 0.25) is 0 Å². The second-order valence-corrected chi connectivity index (χ2v) is 4.90. The van der Waals surface area contributed by atoms with Crippen molar-refractivity contribution < 1.29 is 0 Å². The van der Waals surface area contributed by atoms with Crippen LogP contribution in [-0.4, -0.2) is 52.3 Å². The molecule has 0 spiro atoms. The van der Waals surface area contributed by atoms with Gasteiger partial charge < -0.3 is 10.6 Å². The maximum atomic E-state index is 5.78. The zero-order valence-electron chi connectivity index (χ0n) is 10.6. The highest BCUT2D eigenvalue weighted by Gasteiger charge is 2.24. The van der Waals surface area contributed by atoms with E-state index in [1.807, 2.05) is 12.1 Å². The predicted molar refractivity (Wildman–Crippen MR) is 76.7 cm³/mol. The molecule has 2 heterocycles. The first kappa shape index (κ1) is 13.2. The Labute approximate surface area is 113 Å². The van der Waals surface area contributed by atoms with E-state index in [9.17, 15) is 0 Å². The minimum absolute atomic E-state index is 0.226. The molecule has 1 saturated heterocycles. The summed E-state index contributed by atoms with van der Waals surface area (Å²) in [5.41, 5.74) is 5.78. The van der Waals surface area contributed by atoms with Crippen molar-refractivity contribution >= 4 is 23.0 Å². The van der Waals surface area contributed by atoms with Crippen LogP contribution in [0.3, 0.4) is 0 Å². The van der Waals surface area contributed by atoms with E-state index in [0.29, 0.717) is 4.99 Å². The summed E-state index contributed by atoms with van der Waals surface area (Å²) in [7, 11) is 0. The molecule has 0 bridgehead atoms. The second kappa shape index (κ2) is 6.06. The number of nitrogens with zero attached hydrogens (tertiary/aromatic N) is 4. The van der Waals surface area contributed by atoms with Gasteiger partial charge in [0.15, 0.2) is 5.82 Å². The molecule has 0 amide bonds. The number of anilines is 1. The van der Waals surface area contributed by atoms with Crippen LogP contribution in [0.1, 0.15) is 13.3 Å². The fourth-order valence-electron chi connectivity index (χ4n) is 2.36. The molecule has 1 aliphatic heterocycles. The molecule has 1 atom stereocenters. The Hall–Kier alpha value is -1.27. The van der Waals surface area contributed by atoms with E-state index in [0.717, 1.165) is 38.4 Å². The molecule has 1 fully saturated rings. The predicted octanol–water partition coefficient (Wildman–Crippen LogP) is 0.663. The van der Waals surface area contributed by atoms with Crippen molar-refractivity contribution in [2.24, 2.45) is 5.73 Å². The van der Waals surface area contributed by atoms with Crippen LogP contribution in [0.4, 0.5) is 5.82 Å². The zero-order chi connectivity index (χ0) is 13.0. The number of piperazine rings is 1. The van der Waals surface area contributed by atoms with Gasteiger partial charge in [0, 0.05) is 32.4 Å². The molecule has 5 nitrogen and oxygen atoms in total. The number of thiocarbonyl (C=S) groups is 1. The molecule has 2 rings (SSSR count). The number of hydrogen-bond donors (Lipinski definition) is 1. The van der Waals surface area contributed by atoms with Gasteiger partial charge in [0.05, 0.1) is 11.0 Å². The fourth-order valence-corrected chi connectivity index (χ4v) is 2.68. The van der Waals surface area contributed by atoms with Crippen molar-refractivity contribution in [1.29, 1.82) is 0 Å². The quantitative estimate of drug-likeness (QED) is 0.807. The van der Waals surface area contributed by atoms with Crippen LogP contribution in [0.25, 0.3) is 0 Å². The maximum absolute atomic E-state index is 5.78. The first-order valence-corrected chi connectivity index (χ1v) is 6.69. The summed E-state index contributed by atoms with van der Waals surface area (Å²) in [4.78, 5) is 5.20. The molecule has 18 heavy (non-hydrogen) atoms. The van der Waals surface area contributed by atoms with E-state index in [4.69, 9.17) is 18.0 Å². The Kier molecular flexibility index (Phi) is 4.43. The third kappa shape index (κ3) is 2.94. The monoisotopic (exact) mass is 265 g/mol. The van der Waals surface area contributed by atoms with Crippen LogP contribution < -0.4 is 10.6 Å². The van der Waals surface area contributed by atoms with Crippen molar-refractivity contribution in [3.05, 3.63) is 18.3 Å². The number of rotatable bonds is 4. The van der Waals surface area contributed by atoms with Gasteiger partial charge in [-0.15, -0.1) is 5.10 Å². The molecule has 98 valence electrons. The van der Waals surface area contributed by atoms with Crippen molar-refractivity contribution in [3.63, 3.8) is 0 Å². The van der Waals surface area contributed by atoms with Crippen molar-refractivity contribution in [2.75, 3.05) is 31.1 Å². The van der Waals surface area contributed by atoms with Crippen LogP contribution in [0.2, 0.25) is 0 Å². The summed E-state index contributed by atoms with van der Waals surface area (Å²) in [6, 6.07) is 4.13. The normalized spacial score (nSPS) is 18.6. The summed E-state index contributed by atoms with van der Waals surface area (Å²) >= 11 is 5.12. The Morgan fingerprint density at radius 3 is 2.67 bits per heavy atom. The van der Waals surface area contributed by atoms with Gasteiger partial charge in [0.25, 0.3) is 0 Å².